The van der Waals surface area contributed by atoms with E-state index in [1.807, 2.05) is 42.1 Å². The highest BCUT2D eigenvalue weighted by Gasteiger charge is 2.35. The lowest BCUT2D eigenvalue weighted by molar-refractivity contribution is 0.443. The molecule has 37 heavy (non-hydrogen) atoms. The first kappa shape index (κ1) is 25.1. The molecule has 4 aromatic rings. The van der Waals surface area contributed by atoms with Crippen molar-refractivity contribution in [2.75, 3.05) is 17.2 Å². The molecule has 1 fully saturated rings. The predicted octanol–water partition coefficient (Wildman–Crippen LogP) is 5.40. The van der Waals surface area contributed by atoms with Crippen molar-refractivity contribution in [3.8, 4) is 6.07 Å². The summed E-state index contributed by atoms with van der Waals surface area (Å²) in [4.78, 5) is 4.62. The highest BCUT2D eigenvalue weighted by atomic mass is 35.5. The molecule has 0 spiro atoms. The van der Waals surface area contributed by atoms with Crippen LogP contribution in [0.4, 0.5) is 11.4 Å². The molecule has 2 aromatic heterocycles. The zero-order chi connectivity index (χ0) is 26.4. The average molecular weight is 512 g/mol. The summed E-state index contributed by atoms with van der Waals surface area (Å²) in [6.45, 7) is 9.25. The van der Waals surface area contributed by atoms with E-state index in [2.05, 4.69) is 72.7 Å². The van der Waals surface area contributed by atoms with Crippen LogP contribution in [0, 0.1) is 23.7 Å². The van der Waals surface area contributed by atoms with Crippen LogP contribution in [0.15, 0.2) is 48.8 Å². The normalized spacial score (nSPS) is 15.2. The van der Waals surface area contributed by atoms with Gasteiger partial charge in [0, 0.05) is 28.8 Å². The summed E-state index contributed by atoms with van der Waals surface area (Å²) < 4.78 is 1.95. The maximum atomic E-state index is 9.83. The van der Waals surface area contributed by atoms with Gasteiger partial charge in [-0.3, -0.25) is 4.98 Å². The topological polar surface area (TPSA) is 91.5 Å². The number of nitriles is 1. The lowest BCUT2D eigenvalue weighted by atomic mass is 9.69. The summed E-state index contributed by atoms with van der Waals surface area (Å²) >= 11 is 6.73. The Morgan fingerprint density at radius 2 is 1.97 bits per heavy atom. The van der Waals surface area contributed by atoms with Crippen LogP contribution < -0.4 is 10.6 Å². The Kier molecular flexibility index (Phi) is 6.37. The van der Waals surface area contributed by atoms with Crippen molar-refractivity contribution >= 4 is 41.7 Å². The van der Waals surface area contributed by atoms with Crippen LogP contribution in [-0.2, 0) is 5.44 Å². The first-order chi connectivity index (χ1) is 17.6. The number of benzene rings is 2. The molecular formula is C28H31BClN7. The van der Waals surface area contributed by atoms with E-state index in [0.717, 1.165) is 58.5 Å². The number of hydrogen-bond donors (Lipinski definition) is 2. The summed E-state index contributed by atoms with van der Waals surface area (Å²) in [5.41, 5.74) is 5.07. The quantitative estimate of drug-likeness (QED) is 0.323. The number of halogens is 1. The van der Waals surface area contributed by atoms with Crippen LogP contribution in [0.25, 0.3) is 10.9 Å². The van der Waals surface area contributed by atoms with Crippen molar-refractivity contribution in [3.05, 3.63) is 76.2 Å². The minimum atomic E-state index is -0.745. The largest absolute Gasteiger partial charge is 0.383 e. The SMILES string of the molecule is BC(Nc1cc(C)c2ncc(C#N)c(NCC(C)(C)C)c2c1)(c1cn(C2CC2)nn1)c1ccccc1Cl. The molecule has 9 heteroatoms. The maximum absolute atomic E-state index is 9.83. The van der Waals surface area contributed by atoms with Gasteiger partial charge in [0.05, 0.1) is 34.4 Å². The number of pyridine rings is 1. The summed E-state index contributed by atoms with van der Waals surface area (Å²) in [7, 11) is 2.08. The molecule has 188 valence electrons. The molecule has 0 bridgehead atoms. The molecule has 1 unspecified atom stereocenters. The van der Waals surface area contributed by atoms with Crippen molar-refractivity contribution in [3.63, 3.8) is 0 Å². The molecule has 1 atom stereocenters. The first-order valence-corrected chi connectivity index (χ1v) is 13.0. The van der Waals surface area contributed by atoms with Gasteiger partial charge < -0.3 is 10.6 Å². The Hall–Kier alpha value is -3.57. The second-order valence-corrected chi connectivity index (χ2v) is 11.7. The Balaban J connectivity index is 1.64. The summed E-state index contributed by atoms with van der Waals surface area (Å²) in [6, 6.07) is 14.7. The van der Waals surface area contributed by atoms with Gasteiger partial charge in [-0.2, -0.15) is 5.26 Å². The molecule has 0 radical (unpaired) electrons. The first-order valence-electron chi connectivity index (χ1n) is 12.6. The number of hydrogen-bond acceptors (Lipinski definition) is 6. The van der Waals surface area contributed by atoms with E-state index < -0.39 is 5.44 Å². The Bertz CT molecular complexity index is 1510. The van der Waals surface area contributed by atoms with Crippen LogP contribution in [0.3, 0.4) is 0 Å². The zero-order valence-corrected chi connectivity index (χ0v) is 22.7. The van der Waals surface area contributed by atoms with Gasteiger partial charge in [-0.1, -0.05) is 55.8 Å². The average Bonchev–Trinajstić information content (AvgIpc) is 3.57. The third kappa shape index (κ3) is 5.01. The van der Waals surface area contributed by atoms with Gasteiger partial charge in [-0.25, -0.2) is 4.68 Å². The maximum Gasteiger partial charge on any atom is 0.148 e. The molecule has 2 N–H and O–H groups in total. The lowest BCUT2D eigenvalue weighted by Crippen LogP contribution is -2.38. The molecule has 1 saturated carbocycles. The van der Waals surface area contributed by atoms with Crippen molar-refractivity contribution in [2.45, 2.75) is 52.0 Å². The molecule has 1 aliphatic carbocycles. The number of anilines is 2. The minimum absolute atomic E-state index is 0.0449. The Morgan fingerprint density at radius 1 is 1.22 bits per heavy atom. The highest BCUT2D eigenvalue weighted by Crippen LogP contribution is 2.39. The van der Waals surface area contributed by atoms with Crippen molar-refractivity contribution < 1.29 is 0 Å². The highest BCUT2D eigenvalue weighted by molar-refractivity contribution is 6.33. The van der Waals surface area contributed by atoms with Gasteiger partial charge in [0.25, 0.3) is 0 Å². The lowest BCUT2D eigenvalue weighted by Gasteiger charge is -2.32. The van der Waals surface area contributed by atoms with Gasteiger partial charge in [-0.05, 0) is 54.5 Å². The number of nitrogens with one attached hydrogen (secondary N) is 2. The predicted molar refractivity (Wildman–Crippen MR) is 152 cm³/mol. The number of nitrogens with zero attached hydrogens (tertiary/aromatic N) is 5. The standard InChI is InChI=1S/C28H31BClN7/c1-17-11-19(12-21-25(17)32-14-18(13-31)26(21)33-16-27(2,3)4)34-28(29,22-7-5-6-8-23(22)30)24-15-37(36-35-24)20-9-10-20/h5-8,11-12,14-15,20,34H,9-10,16,29H2,1-4H3,(H,32,33). The van der Waals surface area contributed by atoms with E-state index in [1.54, 1.807) is 6.20 Å². The third-order valence-electron chi connectivity index (χ3n) is 6.83. The summed E-state index contributed by atoms with van der Waals surface area (Å²) in [6.07, 6.45) is 5.92. The van der Waals surface area contributed by atoms with E-state index in [1.165, 1.54) is 0 Å². The molecule has 7 nitrogen and oxygen atoms in total. The fourth-order valence-corrected chi connectivity index (χ4v) is 4.95. The van der Waals surface area contributed by atoms with Crippen LogP contribution >= 0.6 is 11.6 Å². The van der Waals surface area contributed by atoms with Crippen molar-refractivity contribution in [1.29, 1.82) is 5.26 Å². The Labute approximate surface area is 223 Å². The monoisotopic (exact) mass is 511 g/mol. The zero-order valence-electron chi connectivity index (χ0n) is 21.9. The van der Waals surface area contributed by atoms with Crippen molar-refractivity contribution in [2.24, 2.45) is 5.41 Å². The van der Waals surface area contributed by atoms with Crippen LogP contribution in [0.5, 0.6) is 0 Å². The van der Waals surface area contributed by atoms with Gasteiger partial charge in [0.15, 0.2) is 0 Å². The van der Waals surface area contributed by atoms with Crippen LogP contribution in [-0.4, -0.2) is 34.4 Å². The molecule has 2 aromatic carbocycles. The van der Waals surface area contributed by atoms with Crippen LogP contribution in [0.2, 0.25) is 5.02 Å². The number of fused-ring (bicyclic) bond motifs is 1. The smallest absolute Gasteiger partial charge is 0.148 e. The van der Waals surface area contributed by atoms with E-state index in [4.69, 9.17) is 11.6 Å². The second-order valence-electron chi connectivity index (χ2n) is 11.3. The number of aromatic nitrogens is 4. The van der Waals surface area contributed by atoms with Crippen molar-refractivity contribution in [1.82, 2.24) is 20.0 Å². The number of rotatable bonds is 7. The molecule has 2 heterocycles. The van der Waals surface area contributed by atoms with Gasteiger partial charge in [0.2, 0.25) is 0 Å². The molecule has 0 aliphatic heterocycles. The molecule has 5 rings (SSSR count). The van der Waals surface area contributed by atoms with E-state index in [9.17, 15) is 5.26 Å². The Morgan fingerprint density at radius 3 is 2.65 bits per heavy atom. The van der Waals surface area contributed by atoms with Gasteiger partial charge in [0.1, 0.15) is 19.6 Å². The molecule has 1 aliphatic rings. The van der Waals surface area contributed by atoms with E-state index in [-0.39, 0.29) is 5.41 Å². The molecule has 0 saturated heterocycles. The minimum Gasteiger partial charge on any atom is -0.383 e. The van der Waals surface area contributed by atoms with E-state index in [0.29, 0.717) is 16.6 Å². The fourth-order valence-electron chi connectivity index (χ4n) is 4.63. The fraction of sp³-hybridized carbons (Fsp3) is 0.357. The van der Waals surface area contributed by atoms with Gasteiger partial charge in [-0.15, -0.1) is 5.10 Å². The van der Waals surface area contributed by atoms with Crippen LogP contribution in [0.1, 0.15) is 62.0 Å². The second kappa shape index (κ2) is 9.39. The number of aryl methyl sites for hydroxylation is 1. The molecule has 0 amide bonds. The summed E-state index contributed by atoms with van der Waals surface area (Å²) in [5, 5.41) is 27.6. The summed E-state index contributed by atoms with van der Waals surface area (Å²) in [5.74, 6) is 0. The van der Waals surface area contributed by atoms with E-state index >= 15 is 0 Å². The third-order valence-corrected chi connectivity index (χ3v) is 7.16. The molecular weight excluding hydrogens is 481 g/mol. The van der Waals surface area contributed by atoms with Gasteiger partial charge >= 0.3 is 0 Å².